The molecule has 1 N–H and O–H groups in total. The summed E-state index contributed by atoms with van der Waals surface area (Å²) in [5.41, 5.74) is -0.0975. The normalized spacial score (nSPS) is 38.4. The van der Waals surface area contributed by atoms with Gasteiger partial charge < -0.3 is 10.2 Å². The molecule has 3 rings (SSSR count). The van der Waals surface area contributed by atoms with Gasteiger partial charge in [-0.1, -0.05) is 26.2 Å². The van der Waals surface area contributed by atoms with Crippen LogP contribution < -0.4 is 5.32 Å². The molecule has 3 aliphatic rings. The molecule has 20 heavy (non-hydrogen) atoms. The van der Waals surface area contributed by atoms with E-state index in [1.54, 1.807) is 0 Å². The van der Waals surface area contributed by atoms with E-state index >= 15 is 0 Å². The second-order valence-electron chi connectivity index (χ2n) is 7.26. The van der Waals surface area contributed by atoms with Gasteiger partial charge in [0.15, 0.2) is 0 Å². The number of fused-ring (bicyclic) bond motifs is 1. The predicted molar refractivity (Wildman–Crippen MR) is 81.5 cm³/mol. The monoisotopic (exact) mass is 278 g/mol. The van der Waals surface area contributed by atoms with Gasteiger partial charge in [0.25, 0.3) is 0 Å². The number of nitrogens with one attached hydrogen (secondary N) is 1. The number of nitrogens with zero attached hydrogens (tertiary/aromatic N) is 1. The Bertz CT molecular complexity index is 349. The second-order valence-corrected chi connectivity index (χ2v) is 7.26. The van der Waals surface area contributed by atoms with Crippen molar-refractivity contribution in [2.75, 3.05) is 26.2 Å². The highest BCUT2D eigenvalue weighted by molar-refractivity contribution is 5.83. The van der Waals surface area contributed by atoms with Gasteiger partial charge in [-0.15, -0.1) is 0 Å². The van der Waals surface area contributed by atoms with Crippen molar-refractivity contribution in [1.29, 1.82) is 0 Å². The van der Waals surface area contributed by atoms with Crippen LogP contribution in [0, 0.1) is 17.3 Å². The van der Waals surface area contributed by atoms with Gasteiger partial charge in [0.1, 0.15) is 0 Å². The summed E-state index contributed by atoms with van der Waals surface area (Å²) in [5, 5.41) is 3.46. The Balaban J connectivity index is 1.67. The molecule has 114 valence electrons. The van der Waals surface area contributed by atoms with Crippen LogP contribution in [0.2, 0.25) is 0 Å². The third-order valence-corrected chi connectivity index (χ3v) is 6.18. The number of likely N-dealkylation sites (tertiary alicyclic amines) is 1. The number of hydrogen-bond donors (Lipinski definition) is 1. The molecule has 0 aromatic carbocycles. The van der Waals surface area contributed by atoms with Crippen molar-refractivity contribution in [2.24, 2.45) is 17.3 Å². The highest BCUT2D eigenvalue weighted by atomic mass is 16.2. The first-order valence-corrected chi connectivity index (χ1v) is 8.75. The van der Waals surface area contributed by atoms with Gasteiger partial charge in [-0.25, -0.2) is 0 Å². The highest BCUT2D eigenvalue weighted by Crippen LogP contribution is 2.39. The molecule has 0 aromatic heterocycles. The van der Waals surface area contributed by atoms with Crippen molar-refractivity contribution < 1.29 is 4.79 Å². The third kappa shape index (κ3) is 2.61. The van der Waals surface area contributed by atoms with Crippen molar-refractivity contribution >= 4 is 5.91 Å². The van der Waals surface area contributed by atoms with E-state index in [2.05, 4.69) is 17.1 Å². The van der Waals surface area contributed by atoms with E-state index in [0.29, 0.717) is 5.91 Å². The van der Waals surface area contributed by atoms with Crippen LogP contribution >= 0.6 is 0 Å². The van der Waals surface area contributed by atoms with Crippen LogP contribution in [0.5, 0.6) is 0 Å². The van der Waals surface area contributed by atoms with E-state index in [4.69, 9.17) is 0 Å². The first kappa shape index (κ1) is 14.4. The summed E-state index contributed by atoms with van der Waals surface area (Å²) in [6.45, 7) is 6.23. The van der Waals surface area contributed by atoms with Gasteiger partial charge in [-0.3, -0.25) is 4.79 Å². The molecule has 0 bridgehead atoms. The smallest absolute Gasteiger partial charge is 0.230 e. The molecule has 3 fully saturated rings. The Morgan fingerprint density at radius 3 is 2.70 bits per heavy atom. The first-order chi connectivity index (χ1) is 9.75. The number of amides is 1. The number of hydrogen-bond acceptors (Lipinski definition) is 2. The maximum atomic E-state index is 13.1. The van der Waals surface area contributed by atoms with Crippen molar-refractivity contribution in [3.63, 3.8) is 0 Å². The van der Waals surface area contributed by atoms with E-state index in [1.807, 2.05) is 0 Å². The molecule has 2 heterocycles. The van der Waals surface area contributed by atoms with Crippen LogP contribution in [-0.4, -0.2) is 37.0 Å². The zero-order valence-corrected chi connectivity index (χ0v) is 13.0. The topological polar surface area (TPSA) is 32.3 Å². The number of piperidine rings is 2. The zero-order chi connectivity index (χ0) is 14.0. The minimum Gasteiger partial charge on any atom is -0.342 e. The summed E-state index contributed by atoms with van der Waals surface area (Å²) in [6.07, 6.45) is 10.0. The summed E-state index contributed by atoms with van der Waals surface area (Å²) in [4.78, 5) is 15.3. The lowest BCUT2D eigenvalue weighted by Gasteiger charge is -2.46. The summed E-state index contributed by atoms with van der Waals surface area (Å²) in [5.74, 6) is 2.16. The SMILES string of the molecule is CCC1(C(=O)N2CCC3CCCCC3C2)CCCNC1. The molecule has 0 radical (unpaired) electrons. The van der Waals surface area contributed by atoms with E-state index < -0.39 is 0 Å². The molecule has 1 amide bonds. The average molecular weight is 278 g/mol. The fourth-order valence-electron chi connectivity index (χ4n) is 4.72. The van der Waals surface area contributed by atoms with Crippen molar-refractivity contribution in [3.8, 4) is 0 Å². The largest absolute Gasteiger partial charge is 0.342 e. The standard InChI is InChI=1S/C17H30N2O/c1-2-17(9-5-10-18-13-17)16(20)19-11-8-14-6-3-4-7-15(14)12-19/h14-15,18H,2-13H2,1H3. The van der Waals surface area contributed by atoms with E-state index in [0.717, 1.165) is 57.3 Å². The second kappa shape index (κ2) is 6.05. The Kier molecular flexibility index (Phi) is 4.34. The number of rotatable bonds is 2. The summed E-state index contributed by atoms with van der Waals surface area (Å²) in [6, 6.07) is 0. The highest BCUT2D eigenvalue weighted by Gasteiger charge is 2.43. The quantitative estimate of drug-likeness (QED) is 0.842. The van der Waals surface area contributed by atoms with Gasteiger partial charge >= 0.3 is 0 Å². The van der Waals surface area contributed by atoms with Gasteiger partial charge in [-0.2, -0.15) is 0 Å². The van der Waals surface area contributed by atoms with Crippen LogP contribution in [0.15, 0.2) is 0 Å². The summed E-state index contributed by atoms with van der Waals surface area (Å²) in [7, 11) is 0. The Morgan fingerprint density at radius 2 is 2.00 bits per heavy atom. The van der Waals surface area contributed by atoms with Crippen LogP contribution in [0.25, 0.3) is 0 Å². The molecule has 1 saturated carbocycles. The predicted octanol–water partition coefficient (Wildman–Crippen LogP) is 2.80. The fourth-order valence-corrected chi connectivity index (χ4v) is 4.72. The molecule has 1 aliphatic carbocycles. The molecule has 3 heteroatoms. The van der Waals surface area contributed by atoms with E-state index in [9.17, 15) is 4.79 Å². The Hall–Kier alpha value is -0.570. The van der Waals surface area contributed by atoms with E-state index in [1.165, 1.54) is 32.1 Å². The van der Waals surface area contributed by atoms with Crippen LogP contribution in [0.4, 0.5) is 0 Å². The molecular formula is C17H30N2O. The first-order valence-electron chi connectivity index (χ1n) is 8.75. The van der Waals surface area contributed by atoms with Gasteiger partial charge in [0, 0.05) is 19.6 Å². The number of carbonyl (C=O) groups is 1. The average Bonchev–Trinajstić information content (AvgIpc) is 2.54. The summed E-state index contributed by atoms with van der Waals surface area (Å²) < 4.78 is 0. The molecule has 2 aliphatic heterocycles. The van der Waals surface area contributed by atoms with E-state index in [-0.39, 0.29) is 5.41 Å². The van der Waals surface area contributed by atoms with Crippen molar-refractivity contribution in [3.05, 3.63) is 0 Å². The molecule has 0 aromatic rings. The minimum atomic E-state index is -0.0975. The van der Waals surface area contributed by atoms with Crippen LogP contribution in [0.3, 0.4) is 0 Å². The molecule has 3 nitrogen and oxygen atoms in total. The van der Waals surface area contributed by atoms with Gasteiger partial charge in [-0.05, 0) is 50.5 Å². The number of carbonyl (C=O) groups excluding carboxylic acids is 1. The zero-order valence-electron chi connectivity index (χ0n) is 13.0. The minimum absolute atomic E-state index is 0.0975. The Labute approximate surface area is 123 Å². The lowest BCUT2D eigenvalue weighted by atomic mass is 9.73. The molecule has 3 unspecified atom stereocenters. The molecule has 0 spiro atoms. The maximum absolute atomic E-state index is 13.1. The maximum Gasteiger partial charge on any atom is 0.230 e. The lowest BCUT2D eigenvalue weighted by Crippen LogP contribution is -2.55. The van der Waals surface area contributed by atoms with Crippen LogP contribution in [0.1, 0.15) is 58.3 Å². The molecular weight excluding hydrogens is 248 g/mol. The fraction of sp³-hybridized carbons (Fsp3) is 0.941. The van der Waals surface area contributed by atoms with Gasteiger partial charge in [0.2, 0.25) is 5.91 Å². The summed E-state index contributed by atoms with van der Waals surface area (Å²) >= 11 is 0. The molecule has 2 saturated heterocycles. The molecule has 3 atom stereocenters. The van der Waals surface area contributed by atoms with Crippen LogP contribution in [-0.2, 0) is 4.79 Å². The van der Waals surface area contributed by atoms with Crippen molar-refractivity contribution in [2.45, 2.75) is 58.3 Å². The van der Waals surface area contributed by atoms with Crippen molar-refractivity contribution in [1.82, 2.24) is 10.2 Å². The Morgan fingerprint density at radius 1 is 1.20 bits per heavy atom. The third-order valence-electron chi connectivity index (χ3n) is 6.18. The van der Waals surface area contributed by atoms with Gasteiger partial charge in [0.05, 0.1) is 5.41 Å². The lowest BCUT2D eigenvalue weighted by molar-refractivity contribution is -0.146.